The molecule has 0 aromatic carbocycles. The second-order valence-electron chi connectivity index (χ2n) is 5.22. The Balaban J connectivity index is 2.88. The highest BCUT2D eigenvalue weighted by Gasteiger charge is 2.52. The lowest BCUT2D eigenvalue weighted by Crippen LogP contribution is -2.55. The second kappa shape index (κ2) is 6.79. The van der Waals surface area contributed by atoms with Crippen LogP contribution >= 0.6 is 0 Å². The molecule has 2 amide bonds. The molecule has 22 heavy (non-hydrogen) atoms. The van der Waals surface area contributed by atoms with Gasteiger partial charge in [-0.3, -0.25) is 4.79 Å². The van der Waals surface area contributed by atoms with Crippen LogP contribution in [0.15, 0.2) is 0 Å². The standard InChI is InChI=1S/C9H19BN4O7S/c11-8(17)13-22(20,21)14-4-6(2-1-3-10(18)19)9(12,5-14)7(15)16/h6,18-19H,1-5,12H2,(H,15,16)(H3,11,13,17)/t6-,9-/m0/s1. The van der Waals surface area contributed by atoms with Crippen molar-refractivity contribution >= 4 is 29.3 Å². The molecule has 0 aliphatic carbocycles. The summed E-state index contributed by atoms with van der Waals surface area (Å²) in [6, 6.07) is -1.29. The third-order valence-electron chi connectivity index (χ3n) is 3.57. The van der Waals surface area contributed by atoms with Crippen molar-refractivity contribution in [3.8, 4) is 0 Å². The van der Waals surface area contributed by atoms with Gasteiger partial charge in [0.25, 0.3) is 0 Å². The summed E-state index contributed by atoms with van der Waals surface area (Å²) in [5.41, 5.74) is 8.74. The van der Waals surface area contributed by atoms with E-state index in [0.717, 1.165) is 4.31 Å². The number of nitrogens with two attached hydrogens (primary N) is 2. The molecule has 2 atom stereocenters. The van der Waals surface area contributed by atoms with Crippen LogP contribution in [0.2, 0.25) is 6.32 Å². The molecule has 1 heterocycles. The fourth-order valence-corrected chi connectivity index (χ4v) is 3.55. The van der Waals surface area contributed by atoms with Crippen molar-refractivity contribution in [2.45, 2.75) is 24.7 Å². The lowest BCUT2D eigenvalue weighted by molar-refractivity contribution is -0.144. The number of hydrogen-bond donors (Lipinski definition) is 6. The van der Waals surface area contributed by atoms with Gasteiger partial charge in [0.05, 0.1) is 0 Å². The van der Waals surface area contributed by atoms with Gasteiger partial charge in [-0.2, -0.15) is 12.7 Å². The van der Waals surface area contributed by atoms with E-state index >= 15 is 0 Å². The first-order chi connectivity index (χ1) is 9.99. The van der Waals surface area contributed by atoms with Gasteiger partial charge in [-0.05, 0) is 12.7 Å². The molecule has 11 nitrogen and oxygen atoms in total. The maximum Gasteiger partial charge on any atom is 0.451 e. The van der Waals surface area contributed by atoms with Crippen LogP contribution < -0.4 is 16.2 Å². The lowest BCUT2D eigenvalue weighted by atomic mass is 9.78. The van der Waals surface area contributed by atoms with Crippen molar-refractivity contribution < 1.29 is 33.2 Å². The minimum atomic E-state index is -4.27. The summed E-state index contributed by atoms with van der Waals surface area (Å²) in [6.07, 6.45) is 0.452. The van der Waals surface area contributed by atoms with Gasteiger partial charge in [0.15, 0.2) is 0 Å². The van der Waals surface area contributed by atoms with Gasteiger partial charge in [-0.15, -0.1) is 0 Å². The van der Waals surface area contributed by atoms with Gasteiger partial charge in [-0.1, -0.05) is 6.42 Å². The van der Waals surface area contributed by atoms with E-state index in [0.29, 0.717) is 0 Å². The molecule has 13 heteroatoms. The van der Waals surface area contributed by atoms with Crippen LogP contribution in [-0.2, 0) is 15.0 Å². The summed E-state index contributed by atoms with van der Waals surface area (Å²) in [4.78, 5) is 22.1. The average molecular weight is 338 g/mol. The largest absolute Gasteiger partial charge is 0.480 e. The zero-order valence-corrected chi connectivity index (χ0v) is 12.5. The van der Waals surface area contributed by atoms with Crippen LogP contribution in [0.1, 0.15) is 12.8 Å². The van der Waals surface area contributed by atoms with Crippen LogP contribution in [0.25, 0.3) is 0 Å². The Morgan fingerprint density at radius 3 is 2.45 bits per heavy atom. The molecule has 0 bridgehead atoms. The van der Waals surface area contributed by atoms with Crippen molar-refractivity contribution in [1.29, 1.82) is 0 Å². The van der Waals surface area contributed by atoms with E-state index in [1.807, 2.05) is 0 Å². The van der Waals surface area contributed by atoms with E-state index in [1.54, 1.807) is 4.72 Å². The van der Waals surface area contributed by atoms with E-state index in [9.17, 15) is 23.1 Å². The number of amides is 2. The van der Waals surface area contributed by atoms with Crippen molar-refractivity contribution in [2.75, 3.05) is 13.1 Å². The van der Waals surface area contributed by atoms with Crippen molar-refractivity contribution in [2.24, 2.45) is 17.4 Å². The Labute approximate surface area is 127 Å². The number of carbonyl (C=O) groups is 2. The van der Waals surface area contributed by atoms with Crippen LogP contribution in [0, 0.1) is 5.92 Å². The first-order valence-electron chi connectivity index (χ1n) is 6.45. The van der Waals surface area contributed by atoms with Crippen molar-refractivity contribution in [1.82, 2.24) is 9.03 Å². The minimum Gasteiger partial charge on any atom is -0.480 e. The number of nitrogens with one attached hydrogen (secondary N) is 1. The monoisotopic (exact) mass is 338 g/mol. The van der Waals surface area contributed by atoms with Crippen LogP contribution in [-0.4, -0.2) is 65.6 Å². The van der Waals surface area contributed by atoms with Crippen LogP contribution in [0.4, 0.5) is 4.79 Å². The van der Waals surface area contributed by atoms with Gasteiger partial charge in [-0.25, -0.2) is 9.52 Å². The first-order valence-corrected chi connectivity index (χ1v) is 7.89. The fraction of sp³-hybridized carbons (Fsp3) is 0.778. The van der Waals surface area contributed by atoms with E-state index in [1.165, 1.54) is 0 Å². The topological polar surface area (TPSA) is 196 Å². The summed E-state index contributed by atoms with van der Waals surface area (Å²) in [5.74, 6) is -2.12. The predicted octanol–water partition coefficient (Wildman–Crippen LogP) is -3.13. The number of urea groups is 1. The summed E-state index contributed by atoms with van der Waals surface area (Å²) >= 11 is 0. The van der Waals surface area contributed by atoms with E-state index in [4.69, 9.17) is 21.5 Å². The highest BCUT2D eigenvalue weighted by atomic mass is 32.2. The zero-order chi connectivity index (χ0) is 17.1. The quantitative estimate of drug-likeness (QED) is 0.262. The lowest BCUT2D eigenvalue weighted by Gasteiger charge is -2.25. The second-order valence-corrected chi connectivity index (χ2v) is 6.89. The fourth-order valence-electron chi connectivity index (χ4n) is 2.41. The van der Waals surface area contributed by atoms with Crippen molar-refractivity contribution in [3.63, 3.8) is 0 Å². The Morgan fingerprint density at radius 2 is 2.00 bits per heavy atom. The normalized spacial score (nSPS) is 25.9. The van der Waals surface area contributed by atoms with Gasteiger partial charge in [0.2, 0.25) is 0 Å². The van der Waals surface area contributed by atoms with Crippen LogP contribution in [0.5, 0.6) is 0 Å². The highest BCUT2D eigenvalue weighted by molar-refractivity contribution is 7.87. The summed E-state index contributed by atoms with van der Waals surface area (Å²) < 4.78 is 26.0. The van der Waals surface area contributed by atoms with Gasteiger partial charge in [0, 0.05) is 19.0 Å². The number of carboxylic acid groups (broad SMARTS) is 1. The molecule has 0 unspecified atom stereocenters. The van der Waals surface area contributed by atoms with Crippen LogP contribution in [0.3, 0.4) is 0 Å². The van der Waals surface area contributed by atoms with Gasteiger partial charge >= 0.3 is 29.3 Å². The molecular formula is C9H19BN4O7S. The third-order valence-corrected chi connectivity index (χ3v) is 4.99. The SMILES string of the molecule is NC(=O)NS(=O)(=O)N1C[C@H](CCCB(O)O)[C@](N)(C(=O)O)C1. The minimum absolute atomic E-state index is 0.0124. The molecule has 1 aliphatic heterocycles. The molecular weight excluding hydrogens is 319 g/mol. The van der Waals surface area contributed by atoms with Crippen molar-refractivity contribution in [3.05, 3.63) is 0 Å². The molecule has 0 saturated carbocycles. The number of primary amides is 1. The maximum absolute atomic E-state index is 11.9. The summed E-state index contributed by atoms with van der Waals surface area (Å²) in [7, 11) is -5.80. The molecule has 1 fully saturated rings. The third kappa shape index (κ3) is 4.30. The Hall–Kier alpha value is -1.41. The average Bonchev–Trinajstić information content (AvgIpc) is 2.67. The number of hydrogen-bond acceptors (Lipinski definition) is 7. The smallest absolute Gasteiger partial charge is 0.451 e. The molecule has 0 radical (unpaired) electrons. The Bertz CT molecular complexity index is 542. The number of nitrogens with zero attached hydrogens (tertiary/aromatic N) is 1. The van der Waals surface area contributed by atoms with E-state index < -0.39 is 47.3 Å². The highest BCUT2D eigenvalue weighted by Crippen LogP contribution is 2.31. The summed E-state index contributed by atoms with van der Waals surface area (Å²) in [5, 5.41) is 26.8. The number of rotatable bonds is 7. The molecule has 1 saturated heterocycles. The maximum atomic E-state index is 11.9. The first kappa shape index (κ1) is 18.6. The molecule has 0 aromatic rings. The molecule has 8 N–H and O–H groups in total. The zero-order valence-electron chi connectivity index (χ0n) is 11.7. The van der Waals surface area contributed by atoms with Gasteiger partial charge in [0.1, 0.15) is 5.54 Å². The number of carbonyl (C=O) groups excluding carboxylic acids is 1. The summed E-state index contributed by atoms with van der Waals surface area (Å²) in [6.45, 7) is -0.732. The Morgan fingerprint density at radius 1 is 1.41 bits per heavy atom. The molecule has 0 spiro atoms. The molecule has 1 rings (SSSR count). The number of aliphatic carboxylic acids is 1. The predicted molar refractivity (Wildman–Crippen MR) is 75.5 cm³/mol. The number of carboxylic acids is 1. The molecule has 126 valence electrons. The Kier molecular flexibility index (Phi) is 5.75. The van der Waals surface area contributed by atoms with E-state index in [2.05, 4.69) is 0 Å². The van der Waals surface area contributed by atoms with E-state index in [-0.39, 0.29) is 25.7 Å². The molecule has 0 aromatic heterocycles. The van der Waals surface area contributed by atoms with Gasteiger partial charge < -0.3 is 26.6 Å². The molecule has 1 aliphatic rings.